The van der Waals surface area contributed by atoms with Crippen LogP contribution in [0, 0.1) is 0 Å². The topological polar surface area (TPSA) is 63.7 Å². The molecule has 0 spiro atoms. The molecule has 0 fully saturated rings. The van der Waals surface area contributed by atoms with Gasteiger partial charge in [-0.3, -0.25) is 4.79 Å². The number of aromatic nitrogens is 1. The van der Waals surface area contributed by atoms with Gasteiger partial charge in [0.2, 0.25) is 0 Å². The molecule has 26 heavy (non-hydrogen) atoms. The first-order valence-electron chi connectivity index (χ1n) is 7.90. The number of rotatable bonds is 9. The molecular weight excluding hydrogens is 377 g/mol. The number of carbonyl (C=O) groups is 1. The van der Waals surface area contributed by atoms with Crippen molar-refractivity contribution in [1.82, 2.24) is 9.88 Å². The minimum absolute atomic E-state index is 0. The number of ether oxygens (including phenoxy) is 2. The summed E-state index contributed by atoms with van der Waals surface area (Å²) in [7, 11) is 3.22. The highest BCUT2D eigenvalue weighted by Crippen LogP contribution is 2.18. The Kier molecular flexibility index (Phi) is 9.98. The SMILES string of the molecule is COCCN(CCOC)C(=O)c1ccc(Nc2ccc(Cl)cc2)nc1.Cl. The van der Waals surface area contributed by atoms with E-state index in [1.165, 1.54) is 0 Å². The third-order valence-electron chi connectivity index (χ3n) is 3.54. The van der Waals surface area contributed by atoms with Crippen LogP contribution in [0.15, 0.2) is 42.6 Å². The molecule has 6 nitrogen and oxygen atoms in total. The van der Waals surface area contributed by atoms with Gasteiger partial charge in [-0.15, -0.1) is 12.4 Å². The summed E-state index contributed by atoms with van der Waals surface area (Å²) in [6, 6.07) is 10.8. The molecule has 0 aliphatic heterocycles. The molecule has 0 saturated carbocycles. The Morgan fingerprint density at radius 1 is 1.08 bits per heavy atom. The molecule has 0 aliphatic rings. The van der Waals surface area contributed by atoms with Gasteiger partial charge < -0.3 is 19.7 Å². The number of anilines is 2. The average Bonchev–Trinajstić information content (AvgIpc) is 2.64. The monoisotopic (exact) mass is 399 g/mol. The second-order valence-corrected chi connectivity index (χ2v) is 5.78. The average molecular weight is 400 g/mol. The second-order valence-electron chi connectivity index (χ2n) is 5.34. The highest BCUT2D eigenvalue weighted by molar-refractivity contribution is 6.30. The number of amides is 1. The Bertz CT molecular complexity index is 658. The van der Waals surface area contributed by atoms with Gasteiger partial charge in [0.1, 0.15) is 5.82 Å². The first-order valence-corrected chi connectivity index (χ1v) is 8.27. The lowest BCUT2D eigenvalue weighted by Gasteiger charge is -2.22. The normalized spacial score (nSPS) is 10.1. The fourth-order valence-electron chi connectivity index (χ4n) is 2.18. The van der Waals surface area contributed by atoms with Gasteiger partial charge in [0.15, 0.2) is 0 Å². The summed E-state index contributed by atoms with van der Waals surface area (Å²) < 4.78 is 10.1. The maximum absolute atomic E-state index is 12.6. The van der Waals surface area contributed by atoms with Gasteiger partial charge in [0.05, 0.1) is 18.8 Å². The van der Waals surface area contributed by atoms with Crippen LogP contribution in [0.5, 0.6) is 0 Å². The van der Waals surface area contributed by atoms with E-state index in [-0.39, 0.29) is 18.3 Å². The molecule has 0 aliphatic carbocycles. The zero-order valence-electron chi connectivity index (χ0n) is 14.8. The van der Waals surface area contributed by atoms with Crippen LogP contribution >= 0.6 is 24.0 Å². The Morgan fingerprint density at radius 3 is 2.19 bits per heavy atom. The first kappa shape index (κ1) is 22.2. The van der Waals surface area contributed by atoms with Crippen molar-refractivity contribution in [2.75, 3.05) is 45.8 Å². The molecular formula is C18H23Cl2N3O3. The Hall–Kier alpha value is -1.86. The summed E-state index contributed by atoms with van der Waals surface area (Å²) in [6.45, 7) is 1.95. The summed E-state index contributed by atoms with van der Waals surface area (Å²) in [4.78, 5) is 18.6. The molecule has 0 saturated heterocycles. The summed E-state index contributed by atoms with van der Waals surface area (Å²) in [5.41, 5.74) is 1.40. The van der Waals surface area contributed by atoms with Crippen molar-refractivity contribution >= 4 is 41.4 Å². The molecule has 2 aromatic rings. The van der Waals surface area contributed by atoms with Crippen LogP contribution in [-0.2, 0) is 9.47 Å². The second kappa shape index (κ2) is 11.7. The molecule has 8 heteroatoms. The van der Waals surface area contributed by atoms with Crippen LogP contribution in [0.25, 0.3) is 0 Å². The Morgan fingerprint density at radius 2 is 1.69 bits per heavy atom. The summed E-state index contributed by atoms with van der Waals surface area (Å²) in [5.74, 6) is 0.554. The Labute approximate surface area is 164 Å². The fourth-order valence-corrected chi connectivity index (χ4v) is 2.30. The minimum Gasteiger partial charge on any atom is -0.383 e. The van der Waals surface area contributed by atoms with E-state index in [0.717, 1.165) is 5.69 Å². The van der Waals surface area contributed by atoms with Crippen LogP contribution in [-0.4, -0.2) is 56.3 Å². The van der Waals surface area contributed by atoms with Crippen molar-refractivity contribution in [3.63, 3.8) is 0 Å². The molecule has 142 valence electrons. The van der Waals surface area contributed by atoms with Gasteiger partial charge in [0.25, 0.3) is 5.91 Å². The van der Waals surface area contributed by atoms with Crippen molar-refractivity contribution < 1.29 is 14.3 Å². The molecule has 1 aromatic heterocycles. The maximum Gasteiger partial charge on any atom is 0.255 e. The molecule has 1 N–H and O–H groups in total. The third-order valence-corrected chi connectivity index (χ3v) is 3.80. The predicted molar refractivity (Wildman–Crippen MR) is 106 cm³/mol. The molecule has 1 aromatic carbocycles. The van der Waals surface area contributed by atoms with E-state index < -0.39 is 0 Å². The van der Waals surface area contributed by atoms with E-state index in [2.05, 4.69) is 10.3 Å². The number of nitrogens with one attached hydrogen (secondary N) is 1. The van der Waals surface area contributed by atoms with Gasteiger partial charge in [-0.25, -0.2) is 4.98 Å². The van der Waals surface area contributed by atoms with Crippen LogP contribution in [0.4, 0.5) is 11.5 Å². The van der Waals surface area contributed by atoms with Crippen LogP contribution < -0.4 is 5.32 Å². The number of carbonyl (C=O) groups excluding carboxylic acids is 1. The highest BCUT2D eigenvalue weighted by Gasteiger charge is 2.15. The molecule has 1 heterocycles. The number of hydrogen-bond acceptors (Lipinski definition) is 5. The number of pyridine rings is 1. The standard InChI is InChI=1S/C18H22ClN3O3.ClH/c1-24-11-9-22(10-12-25-2)18(23)14-3-8-17(20-13-14)21-16-6-4-15(19)5-7-16;/h3-8,13H,9-12H2,1-2H3,(H,20,21);1H. The quantitative estimate of drug-likeness (QED) is 0.697. The molecule has 1 amide bonds. The van der Waals surface area contributed by atoms with Gasteiger partial charge in [-0.1, -0.05) is 11.6 Å². The van der Waals surface area contributed by atoms with Gasteiger partial charge in [-0.05, 0) is 36.4 Å². The predicted octanol–water partition coefficient (Wildman–Crippen LogP) is 3.64. The number of hydrogen-bond donors (Lipinski definition) is 1. The summed E-state index contributed by atoms with van der Waals surface area (Å²) >= 11 is 5.87. The summed E-state index contributed by atoms with van der Waals surface area (Å²) in [5, 5.41) is 3.83. The van der Waals surface area contributed by atoms with E-state index in [1.54, 1.807) is 49.6 Å². The molecule has 0 atom stereocenters. The van der Waals surface area contributed by atoms with Crippen molar-refractivity contribution in [1.29, 1.82) is 0 Å². The maximum atomic E-state index is 12.6. The number of methoxy groups -OCH3 is 2. The van der Waals surface area contributed by atoms with Crippen LogP contribution in [0.2, 0.25) is 5.02 Å². The number of benzene rings is 1. The van der Waals surface area contributed by atoms with Crippen molar-refractivity contribution in [2.45, 2.75) is 0 Å². The van der Waals surface area contributed by atoms with Crippen LogP contribution in [0.3, 0.4) is 0 Å². The molecule has 0 bridgehead atoms. The van der Waals surface area contributed by atoms with Crippen molar-refractivity contribution in [3.8, 4) is 0 Å². The molecule has 0 unspecified atom stereocenters. The molecule has 0 radical (unpaired) electrons. The largest absolute Gasteiger partial charge is 0.383 e. The highest BCUT2D eigenvalue weighted by atomic mass is 35.5. The minimum atomic E-state index is -0.0976. The smallest absolute Gasteiger partial charge is 0.255 e. The van der Waals surface area contributed by atoms with Crippen LogP contribution in [0.1, 0.15) is 10.4 Å². The van der Waals surface area contributed by atoms with E-state index in [0.29, 0.717) is 42.7 Å². The van der Waals surface area contributed by atoms with Gasteiger partial charge in [-0.2, -0.15) is 0 Å². The van der Waals surface area contributed by atoms with Gasteiger partial charge in [0, 0.05) is 44.2 Å². The lowest BCUT2D eigenvalue weighted by atomic mass is 10.2. The zero-order valence-corrected chi connectivity index (χ0v) is 16.3. The van der Waals surface area contributed by atoms with E-state index >= 15 is 0 Å². The van der Waals surface area contributed by atoms with E-state index in [9.17, 15) is 4.79 Å². The van der Waals surface area contributed by atoms with E-state index in [1.807, 2.05) is 12.1 Å². The van der Waals surface area contributed by atoms with Crippen molar-refractivity contribution in [3.05, 3.63) is 53.2 Å². The zero-order chi connectivity index (χ0) is 18.1. The Balaban J connectivity index is 0.00000338. The first-order chi connectivity index (χ1) is 12.1. The number of nitrogens with zero attached hydrogens (tertiary/aromatic N) is 2. The van der Waals surface area contributed by atoms with E-state index in [4.69, 9.17) is 21.1 Å². The summed E-state index contributed by atoms with van der Waals surface area (Å²) in [6.07, 6.45) is 1.56. The van der Waals surface area contributed by atoms with Crippen molar-refractivity contribution in [2.24, 2.45) is 0 Å². The third kappa shape index (κ3) is 6.80. The lowest BCUT2D eigenvalue weighted by molar-refractivity contribution is 0.0627. The van der Waals surface area contributed by atoms with Gasteiger partial charge >= 0.3 is 0 Å². The fraction of sp³-hybridized carbons (Fsp3) is 0.333. The number of halogens is 2. The lowest BCUT2D eigenvalue weighted by Crippen LogP contribution is -2.36. The molecule has 2 rings (SSSR count).